The van der Waals surface area contributed by atoms with Crippen LogP contribution in [0.25, 0.3) is 0 Å². The zero-order valence-electron chi connectivity index (χ0n) is 8.12. The number of hydrogen-bond donors (Lipinski definition) is 2. The van der Waals surface area contributed by atoms with Crippen LogP contribution in [0.1, 0.15) is 19.4 Å². The first-order valence-electron chi connectivity index (χ1n) is 4.42. The second-order valence-electron chi connectivity index (χ2n) is 4.17. The number of aliphatic hydroxyl groups excluding tert-OH is 1. The van der Waals surface area contributed by atoms with Crippen LogP contribution in [0.3, 0.4) is 0 Å². The highest BCUT2D eigenvalue weighted by Crippen LogP contribution is 2.22. The van der Waals surface area contributed by atoms with Crippen LogP contribution in [0.2, 0.25) is 0 Å². The predicted octanol–water partition coefficient (Wildman–Crippen LogP) is 1.95. The minimum absolute atomic E-state index is 0.117. The van der Waals surface area contributed by atoms with Crippen LogP contribution < -0.4 is 0 Å². The first-order chi connectivity index (χ1) is 6.03. The normalized spacial score (nSPS) is 11.6. The fourth-order valence-electron chi connectivity index (χ4n) is 1.27. The average Bonchev–Trinajstić information content (AvgIpc) is 2.03. The number of phenols is 1. The van der Waals surface area contributed by atoms with Gasteiger partial charge in [-0.15, -0.1) is 0 Å². The smallest absolute Gasteiger partial charge is 0.115 e. The van der Waals surface area contributed by atoms with Crippen LogP contribution in [-0.2, 0) is 6.42 Å². The number of rotatable bonds is 3. The molecule has 0 aliphatic carbocycles. The summed E-state index contributed by atoms with van der Waals surface area (Å²) in [4.78, 5) is 0. The number of benzene rings is 1. The van der Waals surface area contributed by atoms with Gasteiger partial charge in [0.05, 0.1) is 0 Å². The van der Waals surface area contributed by atoms with Gasteiger partial charge >= 0.3 is 0 Å². The molecule has 1 rings (SSSR count). The molecule has 0 aromatic heterocycles. The molecule has 0 bridgehead atoms. The van der Waals surface area contributed by atoms with Gasteiger partial charge in [0.1, 0.15) is 5.75 Å². The third kappa shape index (κ3) is 3.07. The Morgan fingerprint density at radius 1 is 1.31 bits per heavy atom. The van der Waals surface area contributed by atoms with Gasteiger partial charge in [-0.2, -0.15) is 0 Å². The number of phenolic OH excluding ortho intramolecular Hbond substituents is 1. The first kappa shape index (κ1) is 10.1. The van der Waals surface area contributed by atoms with E-state index in [1.54, 1.807) is 12.1 Å². The Kier molecular flexibility index (Phi) is 2.94. The highest BCUT2D eigenvalue weighted by Gasteiger charge is 2.16. The van der Waals surface area contributed by atoms with Gasteiger partial charge < -0.3 is 10.2 Å². The molecule has 0 aliphatic heterocycles. The van der Waals surface area contributed by atoms with Crippen molar-refractivity contribution in [2.24, 2.45) is 5.41 Å². The lowest BCUT2D eigenvalue weighted by atomic mass is 9.87. The summed E-state index contributed by atoms with van der Waals surface area (Å²) in [6, 6.07) is 7.15. The van der Waals surface area contributed by atoms with Gasteiger partial charge in [-0.05, 0) is 29.5 Å². The summed E-state index contributed by atoms with van der Waals surface area (Å²) >= 11 is 0. The van der Waals surface area contributed by atoms with Crippen LogP contribution in [0, 0.1) is 5.41 Å². The van der Waals surface area contributed by atoms with Crippen LogP contribution >= 0.6 is 0 Å². The van der Waals surface area contributed by atoms with Crippen molar-refractivity contribution in [2.45, 2.75) is 20.3 Å². The number of hydrogen-bond acceptors (Lipinski definition) is 2. The Morgan fingerprint density at radius 3 is 2.54 bits per heavy atom. The molecule has 0 unspecified atom stereocenters. The summed E-state index contributed by atoms with van der Waals surface area (Å²) in [6.07, 6.45) is 0.776. The van der Waals surface area contributed by atoms with Crippen LogP contribution in [0.4, 0.5) is 0 Å². The number of aliphatic hydroxyl groups is 1. The minimum atomic E-state index is -0.117. The molecule has 1 aromatic carbocycles. The lowest BCUT2D eigenvalue weighted by molar-refractivity contribution is 0.159. The van der Waals surface area contributed by atoms with E-state index in [9.17, 15) is 5.11 Å². The van der Waals surface area contributed by atoms with Gasteiger partial charge in [0, 0.05) is 6.61 Å². The monoisotopic (exact) mass is 180 g/mol. The molecule has 0 aliphatic rings. The maximum Gasteiger partial charge on any atom is 0.115 e. The second kappa shape index (κ2) is 3.79. The molecule has 0 saturated carbocycles. The Balaban J connectivity index is 2.74. The maximum atomic E-state index is 9.22. The molecule has 72 valence electrons. The third-order valence-corrected chi connectivity index (χ3v) is 2.02. The van der Waals surface area contributed by atoms with E-state index in [-0.39, 0.29) is 17.8 Å². The molecule has 0 saturated heterocycles. The summed E-state index contributed by atoms with van der Waals surface area (Å²) in [7, 11) is 0. The van der Waals surface area contributed by atoms with E-state index in [1.165, 1.54) is 0 Å². The molecule has 2 N–H and O–H groups in total. The van der Waals surface area contributed by atoms with Crippen molar-refractivity contribution in [3.8, 4) is 5.75 Å². The Labute approximate surface area is 78.8 Å². The van der Waals surface area contributed by atoms with Crippen LogP contribution in [0.5, 0.6) is 5.75 Å². The SMILES string of the molecule is CC(C)(CO)Cc1cccc(O)c1. The topological polar surface area (TPSA) is 40.5 Å². The molecular weight excluding hydrogens is 164 g/mol. The van der Waals surface area contributed by atoms with E-state index in [2.05, 4.69) is 0 Å². The summed E-state index contributed by atoms with van der Waals surface area (Å²) in [5.41, 5.74) is 0.937. The van der Waals surface area contributed by atoms with E-state index in [1.807, 2.05) is 26.0 Å². The lowest BCUT2D eigenvalue weighted by Gasteiger charge is -2.21. The van der Waals surface area contributed by atoms with Crippen LogP contribution in [-0.4, -0.2) is 16.8 Å². The minimum Gasteiger partial charge on any atom is -0.508 e. The molecule has 2 heteroatoms. The molecule has 0 amide bonds. The highest BCUT2D eigenvalue weighted by molar-refractivity contribution is 5.27. The fraction of sp³-hybridized carbons (Fsp3) is 0.455. The average molecular weight is 180 g/mol. The maximum absolute atomic E-state index is 9.22. The molecule has 2 nitrogen and oxygen atoms in total. The largest absolute Gasteiger partial charge is 0.508 e. The van der Waals surface area contributed by atoms with Crippen molar-refractivity contribution >= 4 is 0 Å². The van der Waals surface area contributed by atoms with Crippen molar-refractivity contribution in [1.82, 2.24) is 0 Å². The molecule has 13 heavy (non-hydrogen) atoms. The first-order valence-corrected chi connectivity index (χ1v) is 4.42. The van der Waals surface area contributed by atoms with E-state index >= 15 is 0 Å². The van der Waals surface area contributed by atoms with Gasteiger partial charge in [0.15, 0.2) is 0 Å². The Hall–Kier alpha value is -1.02. The predicted molar refractivity (Wildman–Crippen MR) is 52.7 cm³/mol. The van der Waals surface area contributed by atoms with Gasteiger partial charge in [0.25, 0.3) is 0 Å². The van der Waals surface area contributed by atoms with E-state index < -0.39 is 0 Å². The quantitative estimate of drug-likeness (QED) is 0.746. The summed E-state index contributed by atoms with van der Waals surface area (Å²) < 4.78 is 0. The number of aromatic hydroxyl groups is 1. The molecule has 0 atom stereocenters. The summed E-state index contributed by atoms with van der Waals surface area (Å²) in [5.74, 6) is 0.284. The van der Waals surface area contributed by atoms with E-state index in [0.29, 0.717) is 0 Å². The highest BCUT2D eigenvalue weighted by atomic mass is 16.3. The van der Waals surface area contributed by atoms with Crippen molar-refractivity contribution in [3.63, 3.8) is 0 Å². The zero-order chi connectivity index (χ0) is 9.90. The van der Waals surface area contributed by atoms with Gasteiger partial charge in [-0.25, -0.2) is 0 Å². The summed E-state index contributed by atoms with van der Waals surface area (Å²) in [5, 5.41) is 18.3. The van der Waals surface area contributed by atoms with Crippen molar-refractivity contribution < 1.29 is 10.2 Å². The van der Waals surface area contributed by atoms with E-state index in [0.717, 1.165) is 12.0 Å². The zero-order valence-corrected chi connectivity index (χ0v) is 8.12. The standard InChI is InChI=1S/C11H16O2/c1-11(2,8-12)7-9-4-3-5-10(13)6-9/h3-6,12-13H,7-8H2,1-2H3. The van der Waals surface area contributed by atoms with Crippen molar-refractivity contribution in [2.75, 3.05) is 6.61 Å². The fourth-order valence-corrected chi connectivity index (χ4v) is 1.27. The molecule has 0 fully saturated rings. The molecule has 1 aromatic rings. The van der Waals surface area contributed by atoms with E-state index in [4.69, 9.17) is 5.11 Å². The molecule has 0 heterocycles. The Morgan fingerprint density at radius 2 is 2.00 bits per heavy atom. The third-order valence-electron chi connectivity index (χ3n) is 2.02. The summed E-state index contributed by atoms with van der Waals surface area (Å²) in [6.45, 7) is 4.15. The molecule has 0 spiro atoms. The van der Waals surface area contributed by atoms with Gasteiger partial charge in [-0.3, -0.25) is 0 Å². The molecular formula is C11H16O2. The van der Waals surface area contributed by atoms with Gasteiger partial charge in [0.2, 0.25) is 0 Å². The van der Waals surface area contributed by atoms with Crippen molar-refractivity contribution in [1.29, 1.82) is 0 Å². The second-order valence-corrected chi connectivity index (χ2v) is 4.17. The van der Waals surface area contributed by atoms with Crippen molar-refractivity contribution in [3.05, 3.63) is 29.8 Å². The molecule has 0 radical (unpaired) electrons. The lowest BCUT2D eigenvalue weighted by Crippen LogP contribution is -2.19. The van der Waals surface area contributed by atoms with Gasteiger partial charge in [-0.1, -0.05) is 26.0 Å². The van der Waals surface area contributed by atoms with Crippen LogP contribution in [0.15, 0.2) is 24.3 Å². The Bertz CT molecular complexity index is 279.